The first-order valence-electron chi connectivity index (χ1n) is 12.2. The quantitative estimate of drug-likeness (QED) is 0.186. The monoisotopic (exact) mass is 539 g/mol. The number of benzene rings is 3. The largest absolute Gasteiger partial charge is 0.494 e. The van der Waals surface area contributed by atoms with Gasteiger partial charge in [-0.1, -0.05) is 48.5 Å². The Morgan fingerprint density at radius 1 is 0.949 bits per heavy atom. The molecule has 10 heteroatoms. The summed E-state index contributed by atoms with van der Waals surface area (Å²) in [5, 5.41) is 4.88. The average molecular weight is 540 g/mol. The van der Waals surface area contributed by atoms with E-state index in [2.05, 4.69) is 21.2 Å². The molecule has 0 saturated heterocycles. The summed E-state index contributed by atoms with van der Waals surface area (Å²) in [5.74, 6) is -0.529. The van der Waals surface area contributed by atoms with Crippen molar-refractivity contribution in [3.63, 3.8) is 0 Å². The summed E-state index contributed by atoms with van der Waals surface area (Å²) in [6.07, 6.45) is 3.77. The van der Waals surface area contributed by atoms with E-state index in [9.17, 15) is 14.4 Å². The predicted octanol–water partition coefficient (Wildman–Crippen LogP) is 3.26. The number of imide groups is 1. The second-order valence-electron chi connectivity index (χ2n) is 8.98. The Bertz CT molecular complexity index is 1540. The van der Waals surface area contributed by atoms with Crippen LogP contribution in [-0.2, 0) is 6.42 Å². The van der Waals surface area contributed by atoms with Gasteiger partial charge in [0.1, 0.15) is 5.75 Å². The number of hydrogen-bond acceptors (Lipinski definition) is 6. The molecular weight excluding hydrogens is 514 g/mol. The lowest BCUT2D eigenvalue weighted by molar-refractivity contribution is 0.0641. The molecule has 1 aromatic heterocycles. The highest BCUT2D eigenvalue weighted by molar-refractivity contribution is 7.80. The predicted molar refractivity (Wildman–Crippen MR) is 150 cm³/mol. The van der Waals surface area contributed by atoms with Crippen LogP contribution in [0.4, 0.5) is 0 Å². The van der Waals surface area contributed by atoms with Crippen molar-refractivity contribution in [1.82, 2.24) is 26.1 Å². The second-order valence-corrected chi connectivity index (χ2v) is 9.39. The first-order chi connectivity index (χ1) is 18.9. The lowest BCUT2D eigenvalue weighted by atomic mass is 10.1. The van der Waals surface area contributed by atoms with Crippen LogP contribution < -0.4 is 20.9 Å². The average Bonchev–Trinajstić information content (AvgIpc) is 3.20. The highest BCUT2D eigenvalue weighted by Gasteiger charge is 2.36. The number of methoxy groups -OCH3 is 1. The van der Waals surface area contributed by atoms with E-state index in [1.54, 1.807) is 62.0 Å². The third-order valence-corrected chi connectivity index (χ3v) is 6.66. The third-order valence-electron chi connectivity index (χ3n) is 6.44. The smallest absolute Gasteiger partial charge is 0.269 e. The minimum Gasteiger partial charge on any atom is -0.494 e. The number of carbonyl (C=O) groups is 3. The molecule has 3 N–H and O–H groups in total. The molecule has 5 rings (SSSR count). The molecule has 0 bridgehead atoms. The zero-order valence-corrected chi connectivity index (χ0v) is 21.8. The lowest BCUT2D eigenvalue weighted by Gasteiger charge is -2.25. The van der Waals surface area contributed by atoms with E-state index in [-0.39, 0.29) is 23.5 Å². The number of fused-ring (bicyclic) bond motifs is 2. The van der Waals surface area contributed by atoms with Crippen molar-refractivity contribution in [1.29, 1.82) is 0 Å². The van der Waals surface area contributed by atoms with E-state index in [0.29, 0.717) is 28.9 Å². The number of carbonyl (C=O) groups excluding carboxylic acids is 3. The van der Waals surface area contributed by atoms with E-state index in [4.69, 9.17) is 17.0 Å². The Hall–Kier alpha value is -4.83. The Morgan fingerprint density at radius 3 is 2.33 bits per heavy atom. The number of thiocarbonyl (C=S) groups is 1. The van der Waals surface area contributed by atoms with E-state index >= 15 is 0 Å². The van der Waals surface area contributed by atoms with Crippen LogP contribution in [0.2, 0.25) is 0 Å². The van der Waals surface area contributed by atoms with Crippen molar-refractivity contribution >= 4 is 45.8 Å². The summed E-state index contributed by atoms with van der Waals surface area (Å²) in [4.78, 5) is 44.1. The lowest BCUT2D eigenvalue weighted by Crippen LogP contribution is -2.53. The van der Waals surface area contributed by atoms with Gasteiger partial charge in [-0.2, -0.15) is 0 Å². The molecule has 9 nitrogen and oxygen atoms in total. The zero-order valence-electron chi connectivity index (χ0n) is 21.0. The molecule has 0 aliphatic carbocycles. The third kappa shape index (κ3) is 5.55. The minimum absolute atomic E-state index is 0.0928. The summed E-state index contributed by atoms with van der Waals surface area (Å²) in [5.41, 5.74) is 7.49. The van der Waals surface area contributed by atoms with Gasteiger partial charge < -0.3 is 10.1 Å². The van der Waals surface area contributed by atoms with Crippen LogP contribution in [0.3, 0.4) is 0 Å². The first-order valence-corrected chi connectivity index (χ1v) is 12.6. The maximum atomic E-state index is 13.0. The van der Waals surface area contributed by atoms with Gasteiger partial charge in [0, 0.05) is 29.1 Å². The van der Waals surface area contributed by atoms with Crippen molar-refractivity contribution in [2.45, 2.75) is 12.5 Å². The zero-order chi connectivity index (χ0) is 27.4. The van der Waals surface area contributed by atoms with Gasteiger partial charge in [-0.15, -0.1) is 0 Å². The van der Waals surface area contributed by atoms with Gasteiger partial charge in [0.25, 0.3) is 17.7 Å². The maximum Gasteiger partial charge on any atom is 0.269 e. The molecule has 3 aromatic carbocycles. The molecule has 3 amide bonds. The van der Waals surface area contributed by atoms with Crippen LogP contribution >= 0.6 is 12.2 Å². The first kappa shape index (κ1) is 25.8. The van der Waals surface area contributed by atoms with Gasteiger partial charge in [0.2, 0.25) is 0 Å². The molecule has 4 aromatic rings. The van der Waals surface area contributed by atoms with Crippen LogP contribution in [0.1, 0.15) is 36.6 Å². The molecule has 39 heavy (non-hydrogen) atoms. The molecule has 0 unspecified atom stereocenters. The standard InChI is InChI=1S/C29H25N5O4S/c1-38-25-16-30-15-20-12-11-19(14-24(20)25)26(35)32-33-29(39)31-21(13-18-7-3-2-4-8-18)17-34-27(36)22-9-5-6-10-23(22)28(34)37/h2-12,14-16,21H,13,17H2,1H3,(H,32,35)(H2,31,33,39)/t21-/m1/s1. The van der Waals surface area contributed by atoms with Crippen LogP contribution in [-0.4, -0.2) is 52.4 Å². The number of hydrogen-bond donors (Lipinski definition) is 3. The molecular formula is C29H25N5O4S. The Labute approximate surface area is 230 Å². The molecule has 1 atom stereocenters. The number of nitrogens with one attached hydrogen (secondary N) is 3. The molecule has 196 valence electrons. The van der Waals surface area contributed by atoms with Crippen LogP contribution in [0.15, 0.2) is 85.2 Å². The number of ether oxygens (including phenoxy) is 1. The topological polar surface area (TPSA) is 113 Å². The summed E-state index contributed by atoms with van der Waals surface area (Å²) < 4.78 is 5.35. The van der Waals surface area contributed by atoms with E-state index in [1.807, 2.05) is 30.3 Å². The van der Waals surface area contributed by atoms with Gasteiger partial charge in [-0.05, 0) is 48.5 Å². The van der Waals surface area contributed by atoms with E-state index in [0.717, 1.165) is 16.3 Å². The van der Waals surface area contributed by atoms with E-state index < -0.39 is 11.9 Å². The number of amides is 3. The SMILES string of the molecule is COc1cncc2ccc(C(=O)NNC(=S)N[C@H](Cc3ccccc3)CN3C(=O)c4ccccc4C3=O)cc12. The number of pyridine rings is 1. The van der Waals surface area contributed by atoms with Gasteiger partial charge in [-0.25, -0.2) is 0 Å². The Balaban J connectivity index is 1.27. The van der Waals surface area contributed by atoms with Crippen molar-refractivity contribution in [2.75, 3.05) is 13.7 Å². The van der Waals surface area contributed by atoms with Crippen molar-refractivity contribution in [3.8, 4) is 5.75 Å². The maximum absolute atomic E-state index is 13.0. The summed E-state index contributed by atoms with van der Waals surface area (Å²) in [6, 6.07) is 21.2. The molecule has 2 heterocycles. The Morgan fingerprint density at radius 2 is 1.64 bits per heavy atom. The number of aromatic nitrogens is 1. The summed E-state index contributed by atoms with van der Waals surface area (Å²) in [7, 11) is 1.54. The van der Waals surface area contributed by atoms with Crippen molar-refractivity contribution < 1.29 is 19.1 Å². The minimum atomic E-state index is -0.413. The molecule has 0 fully saturated rings. The van der Waals surface area contributed by atoms with Gasteiger partial charge >= 0.3 is 0 Å². The van der Waals surface area contributed by atoms with Gasteiger partial charge in [-0.3, -0.25) is 35.1 Å². The fourth-order valence-electron chi connectivity index (χ4n) is 4.53. The summed E-state index contributed by atoms with van der Waals surface area (Å²) in [6.45, 7) is 0.0928. The number of hydrazine groups is 1. The van der Waals surface area contributed by atoms with E-state index in [1.165, 1.54) is 4.90 Å². The van der Waals surface area contributed by atoms with Crippen molar-refractivity contribution in [2.24, 2.45) is 0 Å². The second kappa shape index (κ2) is 11.3. The molecule has 0 radical (unpaired) electrons. The highest BCUT2D eigenvalue weighted by atomic mass is 32.1. The van der Waals surface area contributed by atoms with Crippen molar-refractivity contribution in [3.05, 3.63) is 107 Å². The molecule has 0 saturated carbocycles. The molecule has 1 aliphatic heterocycles. The normalized spacial score (nSPS) is 13.1. The van der Waals surface area contributed by atoms with Gasteiger partial charge in [0.15, 0.2) is 5.11 Å². The van der Waals surface area contributed by atoms with Crippen LogP contribution in [0.5, 0.6) is 5.75 Å². The molecule has 0 spiro atoms. The Kier molecular flexibility index (Phi) is 7.46. The molecule has 1 aliphatic rings. The number of nitrogens with zero attached hydrogens (tertiary/aromatic N) is 2. The summed E-state index contributed by atoms with van der Waals surface area (Å²) >= 11 is 5.45. The van der Waals surface area contributed by atoms with Crippen LogP contribution in [0, 0.1) is 0 Å². The number of rotatable bonds is 7. The fourth-order valence-corrected chi connectivity index (χ4v) is 4.75. The van der Waals surface area contributed by atoms with Crippen LogP contribution in [0.25, 0.3) is 10.8 Å². The van der Waals surface area contributed by atoms with Gasteiger partial charge in [0.05, 0.1) is 30.5 Å². The fraction of sp³-hybridized carbons (Fsp3) is 0.138. The highest BCUT2D eigenvalue weighted by Crippen LogP contribution is 2.25.